The van der Waals surface area contributed by atoms with Gasteiger partial charge in [0.1, 0.15) is 5.25 Å². The second-order valence-corrected chi connectivity index (χ2v) is 7.48. The number of carbonyl (C=O) groups excluding carboxylic acids is 1. The summed E-state index contributed by atoms with van der Waals surface area (Å²) >= 11 is 1.39. The Kier molecular flexibility index (Phi) is 6.13. The van der Waals surface area contributed by atoms with Crippen molar-refractivity contribution in [1.82, 2.24) is 4.90 Å². The number of carbonyl (C=O) groups is 1. The molecule has 0 saturated heterocycles. The highest BCUT2D eigenvalue weighted by atomic mass is 32.2. The highest BCUT2D eigenvalue weighted by Crippen LogP contribution is 2.47. The standard InChI is InChI=1S/C20H23N3O3S/c1-3-21(4-2)12-13-22-17-11-10-16(23(25)26)14-18(17)27-19(20(22)24)15-8-6-5-7-9-15/h5-11,14,19H,3-4,12-13H2,1-2H3. The number of nitro benzene ring substituents is 1. The number of nitrogens with zero attached hydrogens (tertiary/aromatic N) is 3. The number of likely N-dealkylation sites (N-methyl/N-ethyl adjacent to an activating group) is 1. The molecule has 0 aliphatic carbocycles. The molecule has 7 heteroatoms. The molecule has 1 amide bonds. The molecule has 0 bridgehead atoms. The van der Waals surface area contributed by atoms with Crippen molar-refractivity contribution in [3.05, 3.63) is 64.2 Å². The molecule has 6 nitrogen and oxygen atoms in total. The molecule has 1 aliphatic rings. The lowest BCUT2D eigenvalue weighted by Gasteiger charge is -2.35. The normalized spacial score (nSPS) is 16.5. The molecule has 27 heavy (non-hydrogen) atoms. The van der Waals surface area contributed by atoms with Crippen molar-refractivity contribution in [2.75, 3.05) is 31.1 Å². The van der Waals surface area contributed by atoms with E-state index in [1.54, 1.807) is 17.0 Å². The van der Waals surface area contributed by atoms with Gasteiger partial charge < -0.3 is 9.80 Å². The Hall–Kier alpha value is -2.38. The first-order valence-corrected chi connectivity index (χ1v) is 9.96. The summed E-state index contributed by atoms with van der Waals surface area (Å²) in [6.45, 7) is 7.37. The van der Waals surface area contributed by atoms with E-state index in [4.69, 9.17) is 0 Å². The van der Waals surface area contributed by atoms with E-state index in [2.05, 4.69) is 18.7 Å². The Bertz CT molecular complexity index is 824. The Morgan fingerprint density at radius 2 is 1.85 bits per heavy atom. The first kappa shape index (κ1) is 19.4. The fraction of sp³-hybridized carbons (Fsp3) is 0.350. The minimum atomic E-state index is -0.394. The number of anilines is 1. The van der Waals surface area contributed by atoms with Gasteiger partial charge in [0.05, 0.1) is 10.6 Å². The van der Waals surface area contributed by atoms with Crippen molar-refractivity contribution in [3.8, 4) is 0 Å². The minimum Gasteiger partial charge on any atom is -0.309 e. The molecule has 3 rings (SSSR count). The number of hydrogen-bond donors (Lipinski definition) is 0. The van der Waals surface area contributed by atoms with Gasteiger partial charge in [-0.3, -0.25) is 14.9 Å². The van der Waals surface area contributed by atoms with Crippen LogP contribution in [0.5, 0.6) is 0 Å². The van der Waals surface area contributed by atoms with Gasteiger partial charge in [-0.05, 0) is 24.7 Å². The van der Waals surface area contributed by atoms with Crippen LogP contribution in [0.15, 0.2) is 53.4 Å². The summed E-state index contributed by atoms with van der Waals surface area (Å²) in [6, 6.07) is 14.3. The van der Waals surface area contributed by atoms with Gasteiger partial charge in [-0.2, -0.15) is 0 Å². The zero-order valence-electron chi connectivity index (χ0n) is 15.5. The number of non-ortho nitro benzene ring substituents is 1. The third kappa shape index (κ3) is 4.14. The van der Waals surface area contributed by atoms with E-state index < -0.39 is 10.2 Å². The van der Waals surface area contributed by atoms with Crippen LogP contribution in [0.3, 0.4) is 0 Å². The Morgan fingerprint density at radius 3 is 2.48 bits per heavy atom. The lowest BCUT2D eigenvalue weighted by Crippen LogP contribution is -2.42. The highest BCUT2D eigenvalue weighted by molar-refractivity contribution is 8.00. The van der Waals surface area contributed by atoms with Crippen molar-refractivity contribution >= 4 is 29.0 Å². The fourth-order valence-corrected chi connectivity index (χ4v) is 4.48. The molecule has 0 spiro atoms. The number of thioether (sulfide) groups is 1. The van der Waals surface area contributed by atoms with Crippen molar-refractivity contribution in [1.29, 1.82) is 0 Å². The van der Waals surface area contributed by atoms with Crippen LogP contribution >= 0.6 is 11.8 Å². The zero-order valence-corrected chi connectivity index (χ0v) is 16.3. The van der Waals surface area contributed by atoms with E-state index in [9.17, 15) is 14.9 Å². The molecule has 1 aliphatic heterocycles. The second-order valence-electron chi connectivity index (χ2n) is 6.33. The van der Waals surface area contributed by atoms with E-state index in [0.29, 0.717) is 6.54 Å². The number of benzene rings is 2. The summed E-state index contributed by atoms with van der Waals surface area (Å²) in [4.78, 5) is 28.9. The molecule has 0 saturated carbocycles. The van der Waals surface area contributed by atoms with Crippen LogP contribution in [0.4, 0.5) is 11.4 Å². The van der Waals surface area contributed by atoms with Gasteiger partial charge in [0, 0.05) is 30.1 Å². The summed E-state index contributed by atoms with van der Waals surface area (Å²) in [5, 5.41) is 10.8. The summed E-state index contributed by atoms with van der Waals surface area (Å²) in [6.07, 6.45) is 0. The lowest BCUT2D eigenvalue weighted by molar-refractivity contribution is -0.385. The van der Waals surface area contributed by atoms with Crippen molar-refractivity contribution < 1.29 is 9.72 Å². The van der Waals surface area contributed by atoms with Gasteiger partial charge in [-0.1, -0.05) is 44.2 Å². The molecule has 0 aromatic heterocycles. The molecule has 0 radical (unpaired) electrons. The van der Waals surface area contributed by atoms with Crippen LogP contribution in [-0.2, 0) is 4.79 Å². The van der Waals surface area contributed by atoms with Crippen molar-refractivity contribution in [2.24, 2.45) is 0 Å². The van der Waals surface area contributed by atoms with E-state index in [1.165, 1.54) is 17.8 Å². The second kappa shape index (κ2) is 8.54. The van der Waals surface area contributed by atoms with Crippen molar-refractivity contribution in [3.63, 3.8) is 0 Å². The molecule has 1 heterocycles. The Labute approximate surface area is 163 Å². The Morgan fingerprint density at radius 1 is 1.15 bits per heavy atom. The molecule has 142 valence electrons. The molecule has 0 N–H and O–H groups in total. The predicted molar refractivity (Wildman–Crippen MR) is 108 cm³/mol. The number of fused-ring (bicyclic) bond motifs is 1. The lowest BCUT2D eigenvalue weighted by atomic mass is 10.1. The van der Waals surface area contributed by atoms with Crippen LogP contribution in [0, 0.1) is 10.1 Å². The summed E-state index contributed by atoms with van der Waals surface area (Å²) in [7, 11) is 0. The van der Waals surface area contributed by atoms with Crippen LogP contribution in [0.25, 0.3) is 0 Å². The van der Waals surface area contributed by atoms with Crippen LogP contribution in [0.1, 0.15) is 24.7 Å². The monoisotopic (exact) mass is 385 g/mol. The van der Waals surface area contributed by atoms with Gasteiger partial charge in [0.15, 0.2) is 0 Å². The summed E-state index contributed by atoms with van der Waals surface area (Å²) < 4.78 is 0. The predicted octanol–water partition coefficient (Wildman–Crippen LogP) is 4.12. The average molecular weight is 385 g/mol. The fourth-order valence-electron chi connectivity index (χ4n) is 3.22. The van der Waals surface area contributed by atoms with Gasteiger partial charge in [-0.15, -0.1) is 11.8 Å². The third-order valence-corrected chi connectivity index (χ3v) is 6.11. The zero-order chi connectivity index (χ0) is 19.4. The number of nitro groups is 1. The largest absolute Gasteiger partial charge is 0.309 e. The maximum Gasteiger partial charge on any atom is 0.270 e. The van der Waals surface area contributed by atoms with Gasteiger partial charge >= 0.3 is 0 Å². The quantitative estimate of drug-likeness (QED) is 0.530. The van der Waals surface area contributed by atoms with Crippen molar-refractivity contribution in [2.45, 2.75) is 24.0 Å². The highest BCUT2D eigenvalue weighted by Gasteiger charge is 2.35. The molecular weight excluding hydrogens is 362 g/mol. The summed E-state index contributed by atoms with van der Waals surface area (Å²) in [5.74, 6) is 0.0275. The van der Waals surface area contributed by atoms with Gasteiger partial charge in [-0.25, -0.2) is 0 Å². The van der Waals surface area contributed by atoms with Gasteiger partial charge in [0.25, 0.3) is 5.69 Å². The number of rotatable bonds is 7. The van der Waals surface area contributed by atoms with Crippen LogP contribution in [0.2, 0.25) is 0 Å². The topological polar surface area (TPSA) is 66.7 Å². The number of amides is 1. The molecule has 0 fully saturated rings. The molecule has 2 aromatic carbocycles. The molecule has 1 unspecified atom stereocenters. The van der Waals surface area contributed by atoms with E-state index in [0.717, 1.165) is 35.8 Å². The summed E-state index contributed by atoms with van der Waals surface area (Å²) in [5.41, 5.74) is 1.72. The van der Waals surface area contributed by atoms with Crippen LogP contribution in [-0.4, -0.2) is 41.9 Å². The minimum absolute atomic E-state index is 0.0275. The SMILES string of the molecule is CCN(CC)CCN1C(=O)C(c2ccccc2)Sc2cc([N+](=O)[O-])ccc21. The molecular formula is C20H23N3O3S. The maximum absolute atomic E-state index is 13.2. The Balaban J connectivity index is 1.97. The smallest absolute Gasteiger partial charge is 0.270 e. The first-order chi connectivity index (χ1) is 13.0. The number of hydrogen-bond acceptors (Lipinski definition) is 5. The third-order valence-electron chi connectivity index (χ3n) is 4.82. The first-order valence-electron chi connectivity index (χ1n) is 9.09. The van der Waals surface area contributed by atoms with Gasteiger partial charge in [0.2, 0.25) is 5.91 Å². The maximum atomic E-state index is 13.2. The van der Waals surface area contributed by atoms with E-state index in [-0.39, 0.29) is 11.6 Å². The molecule has 2 aromatic rings. The van der Waals surface area contributed by atoms with Crippen LogP contribution < -0.4 is 4.90 Å². The average Bonchev–Trinajstić information content (AvgIpc) is 2.70. The molecule has 1 atom stereocenters. The van der Waals surface area contributed by atoms with E-state index >= 15 is 0 Å². The van der Waals surface area contributed by atoms with E-state index in [1.807, 2.05) is 30.3 Å².